The third-order valence-electron chi connectivity index (χ3n) is 4.99. The molecule has 6 heteroatoms. The van der Waals surface area contributed by atoms with Gasteiger partial charge >= 0.3 is 0 Å². The maximum atomic E-state index is 13.3. The van der Waals surface area contributed by atoms with Crippen LogP contribution in [0.4, 0.5) is 0 Å². The number of carbonyl (C=O) groups excluding carboxylic acids is 2. The lowest BCUT2D eigenvalue weighted by Gasteiger charge is -2.31. The van der Waals surface area contributed by atoms with Crippen molar-refractivity contribution in [2.45, 2.75) is 59.0 Å². The maximum Gasteiger partial charge on any atom is 0.242 e. The fraction of sp³-hybridized carbons (Fsp3) is 0.417. The Morgan fingerprint density at radius 2 is 1.80 bits per heavy atom. The van der Waals surface area contributed by atoms with Gasteiger partial charge in [-0.05, 0) is 43.0 Å². The van der Waals surface area contributed by atoms with E-state index in [4.69, 9.17) is 23.2 Å². The van der Waals surface area contributed by atoms with Crippen LogP contribution in [0, 0.1) is 6.92 Å². The topological polar surface area (TPSA) is 49.4 Å². The maximum absolute atomic E-state index is 13.3. The molecule has 0 fully saturated rings. The van der Waals surface area contributed by atoms with Crippen molar-refractivity contribution in [2.75, 3.05) is 6.54 Å². The molecular weight excluding hydrogens is 419 g/mol. The number of nitrogens with zero attached hydrogens (tertiary/aromatic N) is 1. The molecule has 0 heterocycles. The van der Waals surface area contributed by atoms with Crippen LogP contribution in [0.2, 0.25) is 10.0 Å². The van der Waals surface area contributed by atoms with E-state index in [2.05, 4.69) is 12.2 Å². The van der Waals surface area contributed by atoms with Crippen molar-refractivity contribution in [3.8, 4) is 0 Å². The van der Waals surface area contributed by atoms with Gasteiger partial charge in [-0.15, -0.1) is 0 Å². The molecular formula is C24H30Cl2N2O2. The van der Waals surface area contributed by atoms with Crippen molar-refractivity contribution < 1.29 is 9.59 Å². The molecule has 0 spiro atoms. The zero-order valence-corrected chi connectivity index (χ0v) is 19.4. The molecule has 0 aliphatic carbocycles. The van der Waals surface area contributed by atoms with Gasteiger partial charge in [0.15, 0.2) is 0 Å². The van der Waals surface area contributed by atoms with Crippen LogP contribution in [-0.2, 0) is 22.6 Å². The molecule has 1 atom stereocenters. The van der Waals surface area contributed by atoms with E-state index < -0.39 is 6.04 Å². The third-order valence-corrected chi connectivity index (χ3v) is 5.73. The van der Waals surface area contributed by atoms with Gasteiger partial charge in [-0.3, -0.25) is 9.59 Å². The summed E-state index contributed by atoms with van der Waals surface area (Å²) in [6.07, 6.45) is 2.61. The second-order valence-electron chi connectivity index (χ2n) is 7.50. The summed E-state index contributed by atoms with van der Waals surface area (Å²) in [6.45, 7) is 7.01. The third kappa shape index (κ3) is 7.03. The number of aryl methyl sites for hydroxylation is 1. The number of rotatable bonds is 10. The molecule has 0 aromatic heterocycles. The Bertz CT molecular complexity index is 870. The fourth-order valence-electron chi connectivity index (χ4n) is 3.36. The van der Waals surface area contributed by atoms with Crippen LogP contribution in [0.5, 0.6) is 0 Å². The van der Waals surface area contributed by atoms with Crippen LogP contribution in [0.15, 0.2) is 42.5 Å². The predicted octanol–water partition coefficient (Wildman–Crippen LogP) is 5.57. The second-order valence-corrected chi connectivity index (χ2v) is 8.32. The average Bonchev–Trinajstić information content (AvgIpc) is 2.71. The molecule has 2 aromatic rings. The number of nitrogens with one attached hydrogen (secondary N) is 1. The summed E-state index contributed by atoms with van der Waals surface area (Å²) in [5, 5.41) is 3.84. The Balaban J connectivity index is 2.26. The zero-order chi connectivity index (χ0) is 22.1. The molecule has 1 N–H and O–H groups in total. The highest BCUT2D eigenvalue weighted by molar-refractivity contribution is 6.42. The predicted molar refractivity (Wildman–Crippen MR) is 124 cm³/mol. The van der Waals surface area contributed by atoms with Crippen LogP contribution >= 0.6 is 23.2 Å². The SMILES string of the molecule is CCCCNC(=O)[C@@H](CC)N(Cc1cccc(C)c1)C(=O)Cc1ccc(Cl)c(Cl)c1. The molecule has 0 bridgehead atoms. The van der Waals surface area contributed by atoms with Crippen molar-refractivity contribution in [3.05, 3.63) is 69.2 Å². The molecule has 0 saturated carbocycles. The van der Waals surface area contributed by atoms with Crippen molar-refractivity contribution in [1.29, 1.82) is 0 Å². The minimum Gasteiger partial charge on any atom is -0.354 e. The largest absolute Gasteiger partial charge is 0.354 e. The van der Waals surface area contributed by atoms with E-state index in [1.807, 2.05) is 38.1 Å². The smallest absolute Gasteiger partial charge is 0.242 e. The van der Waals surface area contributed by atoms with Crippen molar-refractivity contribution in [2.24, 2.45) is 0 Å². The van der Waals surface area contributed by atoms with Crippen LogP contribution in [0.3, 0.4) is 0 Å². The van der Waals surface area contributed by atoms with Gasteiger partial charge in [0.1, 0.15) is 6.04 Å². The molecule has 162 valence electrons. The van der Waals surface area contributed by atoms with Crippen molar-refractivity contribution in [3.63, 3.8) is 0 Å². The Morgan fingerprint density at radius 3 is 2.43 bits per heavy atom. The molecule has 0 aliphatic heterocycles. The molecule has 2 aromatic carbocycles. The Labute approximate surface area is 189 Å². The average molecular weight is 449 g/mol. The van der Waals surface area contributed by atoms with Crippen molar-refractivity contribution in [1.82, 2.24) is 10.2 Å². The molecule has 2 amide bonds. The lowest BCUT2D eigenvalue weighted by molar-refractivity contribution is -0.140. The molecule has 0 saturated heterocycles. The summed E-state index contributed by atoms with van der Waals surface area (Å²) in [6, 6.07) is 12.7. The molecule has 2 rings (SSSR count). The molecule has 4 nitrogen and oxygen atoms in total. The quantitative estimate of drug-likeness (QED) is 0.483. The van der Waals surface area contributed by atoms with Gasteiger partial charge < -0.3 is 10.2 Å². The van der Waals surface area contributed by atoms with Gasteiger partial charge in [0.25, 0.3) is 0 Å². The van der Waals surface area contributed by atoms with E-state index in [1.54, 1.807) is 23.1 Å². The van der Waals surface area contributed by atoms with Crippen LogP contribution in [0.25, 0.3) is 0 Å². The number of benzene rings is 2. The summed E-state index contributed by atoms with van der Waals surface area (Å²) in [7, 11) is 0. The highest BCUT2D eigenvalue weighted by Crippen LogP contribution is 2.23. The van der Waals surface area contributed by atoms with Crippen LogP contribution in [-0.4, -0.2) is 29.3 Å². The Morgan fingerprint density at radius 1 is 1.03 bits per heavy atom. The number of hydrogen-bond acceptors (Lipinski definition) is 2. The zero-order valence-electron chi connectivity index (χ0n) is 17.9. The number of amides is 2. The highest BCUT2D eigenvalue weighted by Gasteiger charge is 2.28. The van der Waals surface area contributed by atoms with Crippen LogP contribution < -0.4 is 5.32 Å². The first-order chi connectivity index (χ1) is 14.3. The summed E-state index contributed by atoms with van der Waals surface area (Å²) in [5.41, 5.74) is 2.88. The first-order valence-corrected chi connectivity index (χ1v) is 11.2. The van der Waals surface area contributed by atoms with E-state index in [1.165, 1.54) is 0 Å². The molecule has 30 heavy (non-hydrogen) atoms. The van der Waals surface area contributed by atoms with Crippen LogP contribution in [0.1, 0.15) is 49.8 Å². The van der Waals surface area contributed by atoms with E-state index in [-0.39, 0.29) is 18.2 Å². The lowest BCUT2D eigenvalue weighted by atomic mass is 10.1. The van der Waals surface area contributed by atoms with Crippen molar-refractivity contribution >= 4 is 35.0 Å². The first kappa shape index (κ1) is 24.2. The highest BCUT2D eigenvalue weighted by atomic mass is 35.5. The minimum atomic E-state index is -0.530. The van der Waals surface area contributed by atoms with Gasteiger partial charge in [0.05, 0.1) is 16.5 Å². The molecule has 0 aliphatic rings. The number of carbonyl (C=O) groups is 2. The number of unbranched alkanes of at least 4 members (excludes halogenated alkanes) is 1. The van der Waals surface area contributed by atoms with E-state index in [0.29, 0.717) is 29.6 Å². The van der Waals surface area contributed by atoms with Gasteiger partial charge in [0.2, 0.25) is 11.8 Å². The van der Waals surface area contributed by atoms with E-state index >= 15 is 0 Å². The van der Waals surface area contributed by atoms with E-state index in [0.717, 1.165) is 29.5 Å². The number of hydrogen-bond donors (Lipinski definition) is 1. The van der Waals surface area contributed by atoms with E-state index in [9.17, 15) is 9.59 Å². The summed E-state index contributed by atoms with van der Waals surface area (Å²) in [4.78, 5) is 27.8. The standard InChI is InChI=1S/C24H30Cl2N2O2/c1-4-6-12-27-24(30)22(5-2)28(16-19-9-7-8-17(3)13-19)23(29)15-18-10-11-20(25)21(26)14-18/h7-11,13-14,22H,4-6,12,15-16H2,1-3H3,(H,27,30)/t22-/m1/s1. The minimum absolute atomic E-state index is 0.110. The normalized spacial score (nSPS) is 11.8. The lowest BCUT2D eigenvalue weighted by Crippen LogP contribution is -2.49. The molecule has 0 unspecified atom stereocenters. The van der Waals surface area contributed by atoms with Gasteiger partial charge in [-0.1, -0.05) is 79.4 Å². The molecule has 0 radical (unpaired) electrons. The summed E-state index contributed by atoms with van der Waals surface area (Å²) >= 11 is 12.1. The fourth-order valence-corrected chi connectivity index (χ4v) is 3.68. The monoisotopic (exact) mass is 448 g/mol. The summed E-state index contributed by atoms with van der Waals surface area (Å²) in [5.74, 6) is -0.228. The second kappa shape index (κ2) is 12.0. The van der Waals surface area contributed by atoms with Gasteiger partial charge in [-0.2, -0.15) is 0 Å². The van der Waals surface area contributed by atoms with Gasteiger partial charge in [0, 0.05) is 13.1 Å². The van der Waals surface area contributed by atoms with Gasteiger partial charge in [-0.25, -0.2) is 0 Å². The summed E-state index contributed by atoms with van der Waals surface area (Å²) < 4.78 is 0. The number of halogens is 2. The first-order valence-electron chi connectivity index (χ1n) is 10.4. The Hall–Kier alpha value is -2.04. The Kier molecular flexibility index (Phi) is 9.67.